The van der Waals surface area contributed by atoms with Crippen LogP contribution in [0, 0.1) is 18.7 Å². The standard InChI is InChI=1S/C29H28FN3O4/c1-17-12-21-13-19(3-5-24(21)37-17)20-2-4-22(23(30)14-20)25-31-28(7-8-28)26(34)33(25)16-18-6-11-32(15-18)27(35)29(36)9-10-29/h2-5,12-14,18,36H,6-11,15-16H2,1H3/t18-/m1/s1. The molecule has 3 aromatic rings. The van der Waals surface area contributed by atoms with E-state index >= 15 is 4.39 Å². The van der Waals surface area contributed by atoms with Crippen molar-refractivity contribution in [2.24, 2.45) is 10.9 Å². The molecule has 3 fully saturated rings. The van der Waals surface area contributed by atoms with E-state index in [0.29, 0.717) is 56.7 Å². The molecule has 1 N–H and O–H groups in total. The third kappa shape index (κ3) is 3.69. The number of carbonyl (C=O) groups excluding carboxylic acids is 2. The van der Waals surface area contributed by atoms with Gasteiger partial charge in [-0.25, -0.2) is 4.39 Å². The van der Waals surface area contributed by atoms with Gasteiger partial charge in [-0.2, -0.15) is 0 Å². The van der Waals surface area contributed by atoms with Gasteiger partial charge in [-0.05, 0) is 86.4 Å². The summed E-state index contributed by atoms with van der Waals surface area (Å²) in [5.74, 6) is 0.567. The van der Waals surface area contributed by atoms with Crippen molar-refractivity contribution in [1.82, 2.24) is 9.80 Å². The third-order valence-electron chi connectivity index (χ3n) is 8.26. The van der Waals surface area contributed by atoms with Gasteiger partial charge in [-0.15, -0.1) is 0 Å². The Bertz CT molecular complexity index is 1500. The smallest absolute Gasteiger partial charge is 0.256 e. The average molecular weight is 502 g/mol. The number of nitrogens with zero attached hydrogens (tertiary/aromatic N) is 3. The summed E-state index contributed by atoms with van der Waals surface area (Å²) in [6, 6.07) is 12.8. The lowest BCUT2D eigenvalue weighted by Crippen LogP contribution is -2.42. The van der Waals surface area contributed by atoms with Crippen molar-refractivity contribution in [1.29, 1.82) is 0 Å². The number of fused-ring (bicyclic) bond motifs is 1. The molecule has 1 saturated heterocycles. The molecule has 2 aliphatic carbocycles. The SMILES string of the molecule is Cc1cc2cc(-c3ccc(C4=NC5(CC5)C(=O)N4C[C@@H]4CCN(C(=O)C5(O)CC5)C4)c(F)c3)ccc2o1. The number of aryl methyl sites for hydroxylation is 1. The predicted octanol–water partition coefficient (Wildman–Crippen LogP) is 4.04. The van der Waals surface area contributed by atoms with E-state index in [1.54, 1.807) is 15.9 Å². The number of hydrogen-bond acceptors (Lipinski definition) is 5. The molecule has 0 bridgehead atoms. The van der Waals surface area contributed by atoms with Crippen LogP contribution in [0.4, 0.5) is 4.39 Å². The Labute approximate surface area is 213 Å². The number of benzene rings is 2. The fraction of sp³-hybridized carbons (Fsp3) is 0.414. The lowest BCUT2D eigenvalue weighted by atomic mass is 10.0. The Hall–Kier alpha value is -3.52. The zero-order valence-electron chi connectivity index (χ0n) is 20.7. The van der Waals surface area contributed by atoms with Crippen LogP contribution in [0.1, 0.15) is 43.4 Å². The van der Waals surface area contributed by atoms with E-state index in [1.807, 2.05) is 37.3 Å². The molecule has 190 valence electrons. The summed E-state index contributed by atoms with van der Waals surface area (Å²) in [6.45, 7) is 3.34. The first kappa shape index (κ1) is 22.7. The second-order valence-corrected chi connectivity index (χ2v) is 11.1. The molecule has 7 rings (SSSR count). The van der Waals surface area contributed by atoms with Crippen molar-refractivity contribution < 1.29 is 23.5 Å². The maximum atomic E-state index is 15.6. The molecular weight excluding hydrogens is 473 g/mol. The number of halogens is 1. The second kappa shape index (κ2) is 7.74. The topological polar surface area (TPSA) is 86.4 Å². The Kier molecular flexibility index (Phi) is 4.74. The molecule has 1 aromatic heterocycles. The van der Waals surface area contributed by atoms with Gasteiger partial charge < -0.3 is 14.4 Å². The fourth-order valence-corrected chi connectivity index (χ4v) is 5.76. The Morgan fingerprint density at radius 1 is 1.14 bits per heavy atom. The molecule has 4 aliphatic rings. The van der Waals surface area contributed by atoms with Crippen molar-refractivity contribution in [2.45, 2.75) is 50.2 Å². The van der Waals surface area contributed by atoms with Crippen LogP contribution in [0.25, 0.3) is 22.1 Å². The van der Waals surface area contributed by atoms with E-state index in [4.69, 9.17) is 9.41 Å². The van der Waals surface area contributed by atoms with Crippen LogP contribution in [0.15, 0.2) is 51.9 Å². The van der Waals surface area contributed by atoms with Crippen molar-refractivity contribution in [2.75, 3.05) is 19.6 Å². The molecule has 1 atom stereocenters. The second-order valence-electron chi connectivity index (χ2n) is 11.1. The highest BCUT2D eigenvalue weighted by Gasteiger charge is 2.58. The van der Waals surface area contributed by atoms with Gasteiger partial charge in [0.1, 0.15) is 34.1 Å². The van der Waals surface area contributed by atoms with Crippen LogP contribution in [0.2, 0.25) is 0 Å². The summed E-state index contributed by atoms with van der Waals surface area (Å²) in [5.41, 5.74) is 0.797. The summed E-state index contributed by atoms with van der Waals surface area (Å²) in [7, 11) is 0. The van der Waals surface area contributed by atoms with Crippen molar-refractivity contribution in [3.8, 4) is 11.1 Å². The summed E-state index contributed by atoms with van der Waals surface area (Å²) in [5, 5.41) is 11.2. The first-order valence-electron chi connectivity index (χ1n) is 13.0. The number of amides is 2. The molecule has 37 heavy (non-hydrogen) atoms. The van der Waals surface area contributed by atoms with Gasteiger partial charge in [-0.1, -0.05) is 12.1 Å². The number of amidine groups is 1. The molecule has 2 amide bonds. The Morgan fingerprint density at radius 2 is 1.89 bits per heavy atom. The normalized spacial score (nSPS) is 23.3. The van der Waals surface area contributed by atoms with Gasteiger partial charge in [0, 0.05) is 25.0 Å². The van der Waals surface area contributed by atoms with E-state index in [0.717, 1.165) is 34.3 Å². The molecule has 8 heteroatoms. The summed E-state index contributed by atoms with van der Waals surface area (Å²) >= 11 is 0. The number of furan rings is 1. The summed E-state index contributed by atoms with van der Waals surface area (Å²) in [6.07, 6.45) is 3.13. The van der Waals surface area contributed by atoms with Gasteiger partial charge in [-0.3, -0.25) is 19.5 Å². The van der Waals surface area contributed by atoms with Gasteiger partial charge >= 0.3 is 0 Å². The van der Waals surface area contributed by atoms with Crippen LogP contribution in [-0.4, -0.2) is 63.3 Å². The minimum Gasteiger partial charge on any atom is -0.461 e. The maximum absolute atomic E-state index is 15.6. The number of rotatable bonds is 5. The molecule has 0 unspecified atom stereocenters. The van der Waals surface area contributed by atoms with Crippen molar-refractivity contribution >= 4 is 28.6 Å². The van der Waals surface area contributed by atoms with Gasteiger partial charge in [0.15, 0.2) is 0 Å². The van der Waals surface area contributed by atoms with Crippen LogP contribution in [0.3, 0.4) is 0 Å². The summed E-state index contributed by atoms with van der Waals surface area (Å²) < 4.78 is 21.2. The number of hydrogen-bond donors (Lipinski definition) is 1. The quantitative estimate of drug-likeness (QED) is 0.572. The molecule has 0 radical (unpaired) electrons. The number of aliphatic imine (C=N–C) groups is 1. The number of likely N-dealkylation sites (tertiary alicyclic amines) is 1. The highest BCUT2D eigenvalue weighted by molar-refractivity contribution is 6.16. The molecule has 2 aromatic carbocycles. The monoisotopic (exact) mass is 501 g/mol. The van der Waals surface area contributed by atoms with Crippen LogP contribution < -0.4 is 0 Å². The molecule has 7 nitrogen and oxygen atoms in total. The average Bonchev–Trinajstić information content (AvgIpc) is 3.70. The number of aliphatic hydroxyl groups is 1. The van der Waals surface area contributed by atoms with Crippen LogP contribution in [-0.2, 0) is 9.59 Å². The van der Waals surface area contributed by atoms with E-state index in [2.05, 4.69) is 0 Å². The maximum Gasteiger partial charge on any atom is 0.256 e. The highest BCUT2D eigenvalue weighted by Crippen LogP contribution is 2.47. The molecule has 3 heterocycles. The molecule has 2 aliphatic heterocycles. The lowest BCUT2D eigenvalue weighted by Gasteiger charge is -2.24. The largest absolute Gasteiger partial charge is 0.461 e. The molecule has 1 spiro atoms. The lowest BCUT2D eigenvalue weighted by molar-refractivity contribution is -0.141. The molecular formula is C29H28FN3O4. The van der Waals surface area contributed by atoms with Gasteiger partial charge in [0.05, 0.1) is 5.56 Å². The third-order valence-corrected chi connectivity index (χ3v) is 8.26. The van der Waals surface area contributed by atoms with Gasteiger partial charge in [0.25, 0.3) is 11.8 Å². The summed E-state index contributed by atoms with van der Waals surface area (Å²) in [4.78, 5) is 34.0. The van der Waals surface area contributed by atoms with Gasteiger partial charge in [0.2, 0.25) is 0 Å². The zero-order chi connectivity index (χ0) is 25.5. The minimum atomic E-state index is -1.19. The van der Waals surface area contributed by atoms with Crippen LogP contribution >= 0.6 is 0 Å². The Morgan fingerprint density at radius 3 is 2.62 bits per heavy atom. The minimum absolute atomic E-state index is 0.0572. The van der Waals surface area contributed by atoms with E-state index in [-0.39, 0.29) is 17.7 Å². The molecule has 2 saturated carbocycles. The van der Waals surface area contributed by atoms with E-state index in [1.165, 1.54) is 6.07 Å². The fourth-order valence-electron chi connectivity index (χ4n) is 5.76. The first-order valence-corrected chi connectivity index (χ1v) is 13.0. The predicted molar refractivity (Wildman–Crippen MR) is 135 cm³/mol. The number of carbonyl (C=O) groups is 2. The van der Waals surface area contributed by atoms with E-state index in [9.17, 15) is 14.7 Å². The van der Waals surface area contributed by atoms with E-state index < -0.39 is 17.0 Å². The van der Waals surface area contributed by atoms with Crippen molar-refractivity contribution in [3.63, 3.8) is 0 Å². The Balaban J connectivity index is 1.14. The highest BCUT2D eigenvalue weighted by atomic mass is 19.1. The van der Waals surface area contributed by atoms with Crippen LogP contribution in [0.5, 0.6) is 0 Å². The van der Waals surface area contributed by atoms with Crippen molar-refractivity contribution in [3.05, 3.63) is 59.6 Å². The zero-order valence-corrected chi connectivity index (χ0v) is 20.7. The first-order chi connectivity index (χ1) is 17.7.